The van der Waals surface area contributed by atoms with Gasteiger partial charge in [-0.2, -0.15) is 0 Å². The summed E-state index contributed by atoms with van der Waals surface area (Å²) in [5.41, 5.74) is 2.12. The predicted octanol–water partition coefficient (Wildman–Crippen LogP) is 4.05. The van der Waals surface area contributed by atoms with Crippen molar-refractivity contribution in [3.63, 3.8) is 0 Å². The van der Waals surface area contributed by atoms with Crippen molar-refractivity contribution in [2.45, 2.75) is 32.7 Å². The Kier molecular flexibility index (Phi) is 7.33. The number of carbonyl (C=O) groups is 1. The molecule has 0 aromatic heterocycles. The lowest BCUT2D eigenvalue weighted by molar-refractivity contribution is -0.121. The average molecular weight is 357 g/mol. The highest BCUT2D eigenvalue weighted by Crippen LogP contribution is 2.26. The average Bonchev–Trinajstić information content (AvgIpc) is 2.65. The lowest BCUT2D eigenvalue weighted by atomic mass is 10.0. The number of ether oxygens (including phenoxy) is 3. The number of nitrogens with one attached hydrogen (secondary N) is 1. The number of rotatable bonds is 9. The van der Waals surface area contributed by atoms with E-state index < -0.39 is 0 Å². The van der Waals surface area contributed by atoms with Crippen LogP contribution in [-0.4, -0.2) is 26.7 Å². The quantitative estimate of drug-likeness (QED) is 0.688. The molecule has 140 valence electrons. The molecule has 2 aromatic rings. The van der Waals surface area contributed by atoms with Crippen LogP contribution in [0.15, 0.2) is 42.5 Å². The van der Waals surface area contributed by atoms with E-state index in [9.17, 15) is 4.79 Å². The second-order valence-corrected chi connectivity index (χ2v) is 6.16. The first-order valence-corrected chi connectivity index (χ1v) is 8.74. The molecular formula is C21H27NO4. The Morgan fingerprint density at radius 1 is 1.04 bits per heavy atom. The minimum Gasteiger partial charge on any atom is -0.497 e. The third-order valence-electron chi connectivity index (χ3n) is 4.11. The van der Waals surface area contributed by atoms with E-state index in [-0.39, 0.29) is 11.9 Å². The minimum atomic E-state index is -0.111. The number of aryl methyl sites for hydroxylation is 1. The van der Waals surface area contributed by atoms with Crippen molar-refractivity contribution in [2.24, 2.45) is 0 Å². The summed E-state index contributed by atoms with van der Waals surface area (Å²) < 4.78 is 16.1. The van der Waals surface area contributed by atoms with Crippen molar-refractivity contribution in [1.82, 2.24) is 5.32 Å². The number of methoxy groups -OCH3 is 2. The van der Waals surface area contributed by atoms with Crippen LogP contribution in [-0.2, 0) is 4.79 Å². The minimum absolute atomic E-state index is 0.000565. The molecule has 0 unspecified atom stereocenters. The molecule has 0 saturated heterocycles. The Bertz CT molecular complexity index is 712. The molecule has 0 aliphatic heterocycles. The van der Waals surface area contributed by atoms with Crippen LogP contribution < -0.4 is 19.5 Å². The lowest BCUT2D eigenvalue weighted by Crippen LogP contribution is -2.27. The number of hydrogen-bond donors (Lipinski definition) is 1. The maximum absolute atomic E-state index is 12.2. The molecule has 26 heavy (non-hydrogen) atoms. The van der Waals surface area contributed by atoms with Crippen LogP contribution in [0, 0.1) is 6.92 Å². The maximum atomic E-state index is 12.2. The van der Waals surface area contributed by atoms with Gasteiger partial charge in [0, 0.05) is 12.0 Å². The number of benzene rings is 2. The summed E-state index contributed by atoms with van der Waals surface area (Å²) in [6.07, 6.45) is 1.06. The summed E-state index contributed by atoms with van der Waals surface area (Å²) in [4.78, 5) is 12.2. The molecule has 0 fully saturated rings. The van der Waals surface area contributed by atoms with Crippen LogP contribution in [0.3, 0.4) is 0 Å². The molecule has 1 amide bonds. The van der Waals surface area contributed by atoms with E-state index >= 15 is 0 Å². The normalized spacial score (nSPS) is 11.5. The van der Waals surface area contributed by atoms with E-state index in [4.69, 9.17) is 14.2 Å². The van der Waals surface area contributed by atoms with Crippen LogP contribution in [0.1, 0.15) is 36.9 Å². The van der Waals surface area contributed by atoms with Crippen molar-refractivity contribution in [1.29, 1.82) is 0 Å². The third-order valence-corrected chi connectivity index (χ3v) is 4.11. The standard InChI is InChI=1S/C21H27NO4/c1-15-7-12-20(25-4)19(14-15)16(2)22-21(23)6-5-13-26-18-10-8-17(24-3)9-11-18/h7-12,14,16H,5-6,13H2,1-4H3,(H,22,23)/t16-/m0/s1. The van der Waals surface area contributed by atoms with Gasteiger partial charge in [0.05, 0.1) is 26.9 Å². The van der Waals surface area contributed by atoms with E-state index in [0.29, 0.717) is 19.4 Å². The fraction of sp³-hybridized carbons (Fsp3) is 0.381. The largest absolute Gasteiger partial charge is 0.497 e. The molecule has 0 heterocycles. The summed E-state index contributed by atoms with van der Waals surface area (Å²) >= 11 is 0. The van der Waals surface area contributed by atoms with Gasteiger partial charge in [0.1, 0.15) is 17.2 Å². The van der Waals surface area contributed by atoms with Crippen molar-refractivity contribution >= 4 is 5.91 Å². The third kappa shape index (κ3) is 5.69. The van der Waals surface area contributed by atoms with E-state index in [1.54, 1.807) is 14.2 Å². The number of carbonyl (C=O) groups excluding carboxylic acids is 1. The van der Waals surface area contributed by atoms with Crippen LogP contribution in [0.2, 0.25) is 0 Å². The Morgan fingerprint density at radius 3 is 2.38 bits per heavy atom. The van der Waals surface area contributed by atoms with Crippen molar-refractivity contribution in [2.75, 3.05) is 20.8 Å². The molecule has 1 atom stereocenters. The van der Waals surface area contributed by atoms with Crippen molar-refractivity contribution in [3.05, 3.63) is 53.6 Å². The highest BCUT2D eigenvalue weighted by molar-refractivity contribution is 5.76. The topological polar surface area (TPSA) is 56.8 Å². The van der Waals surface area contributed by atoms with E-state index in [0.717, 1.165) is 28.4 Å². The molecule has 0 aliphatic rings. The van der Waals surface area contributed by atoms with Crippen LogP contribution in [0.25, 0.3) is 0 Å². The molecule has 5 heteroatoms. The molecule has 0 bridgehead atoms. The molecular weight excluding hydrogens is 330 g/mol. The van der Waals surface area contributed by atoms with Gasteiger partial charge in [0.25, 0.3) is 0 Å². The molecule has 2 aromatic carbocycles. The summed E-state index contributed by atoms with van der Waals surface area (Å²) in [6, 6.07) is 13.2. The van der Waals surface area contributed by atoms with Crippen LogP contribution in [0.5, 0.6) is 17.2 Å². The van der Waals surface area contributed by atoms with Crippen molar-refractivity contribution < 1.29 is 19.0 Å². The van der Waals surface area contributed by atoms with E-state index in [2.05, 4.69) is 5.32 Å². The first-order chi connectivity index (χ1) is 12.5. The smallest absolute Gasteiger partial charge is 0.220 e. The van der Waals surface area contributed by atoms with Gasteiger partial charge in [0.2, 0.25) is 5.91 Å². The van der Waals surface area contributed by atoms with Gasteiger partial charge in [-0.15, -0.1) is 0 Å². The van der Waals surface area contributed by atoms with Gasteiger partial charge in [-0.05, 0) is 50.6 Å². The first kappa shape index (κ1) is 19.6. The monoisotopic (exact) mass is 357 g/mol. The van der Waals surface area contributed by atoms with E-state index in [1.165, 1.54) is 0 Å². The molecule has 1 N–H and O–H groups in total. The van der Waals surface area contributed by atoms with Crippen LogP contribution in [0.4, 0.5) is 0 Å². The second kappa shape index (κ2) is 9.70. The lowest BCUT2D eigenvalue weighted by Gasteiger charge is -2.18. The highest BCUT2D eigenvalue weighted by atomic mass is 16.5. The van der Waals surface area contributed by atoms with Gasteiger partial charge in [-0.25, -0.2) is 0 Å². The molecule has 0 radical (unpaired) electrons. The summed E-state index contributed by atoms with van der Waals surface area (Å²) in [7, 11) is 3.26. The Hall–Kier alpha value is -2.69. The van der Waals surface area contributed by atoms with E-state index in [1.807, 2.05) is 56.3 Å². The molecule has 0 saturated carbocycles. The zero-order chi connectivity index (χ0) is 18.9. The Labute approximate surface area is 155 Å². The molecule has 2 rings (SSSR count). The highest BCUT2D eigenvalue weighted by Gasteiger charge is 2.14. The zero-order valence-electron chi connectivity index (χ0n) is 15.9. The van der Waals surface area contributed by atoms with Crippen LogP contribution >= 0.6 is 0 Å². The van der Waals surface area contributed by atoms with Gasteiger partial charge < -0.3 is 19.5 Å². The predicted molar refractivity (Wildman–Crippen MR) is 102 cm³/mol. The fourth-order valence-electron chi connectivity index (χ4n) is 2.68. The summed E-state index contributed by atoms with van der Waals surface area (Å²) in [5.74, 6) is 2.34. The zero-order valence-corrected chi connectivity index (χ0v) is 15.9. The first-order valence-electron chi connectivity index (χ1n) is 8.74. The number of amides is 1. The fourth-order valence-corrected chi connectivity index (χ4v) is 2.68. The molecule has 0 aliphatic carbocycles. The summed E-state index contributed by atoms with van der Waals surface area (Å²) in [6.45, 7) is 4.47. The Balaban J connectivity index is 1.76. The SMILES string of the molecule is COc1ccc(OCCCC(=O)N[C@@H](C)c2cc(C)ccc2OC)cc1. The Morgan fingerprint density at radius 2 is 1.73 bits per heavy atom. The van der Waals surface area contributed by atoms with Gasteiger partial charge >= 0.3 is 0 Å². The van der Waals surface area contributed by atoms with Gasteiger partial charge in [-0.1, -0.05) is 17.7 Å². The number of hydrogen-bond acceptors (Lipinski definition) is 4. The molecule has 0 spiro atoms. The van der Waals surface area contributed by atoms with Gasteiger partial charge in [-0.3, -0.25) is 4.79 Å². The molecule has 5 nitrogen and oxygen atoms in total. The maximum Gasteiger partial charge on any atom is 0.220 e. The summed E-state index contributed by atoms with van der Waals surface area (Å²) in [5, 5.41) is 3.02. The second-order valence-electron chi connectivity index (χ2n) is 6.16. The van der Waals surface area contributed by atoms with Crippen molar-refractivity contribution in [3.8, 4) is 17.2 Å². The van der Waals surface area contributed by atoms with Gasteiger partial charge in [0.15, 0.2) is 0 Å².